The lowest BCUT2D eigenvalue weighted by molar-refractivity contribution is -0.153. The van der Waals surface area contributed by atoms with Crippen molar-refractivity contribution in [2.75, 3.05) is 19.6 Å². The fourth-order valence-corrected chi connectivity index (χ4v) is 7.41. The minimum Gasteiger partial charge on any atom is -0.392 e. The highest BCUT2D eigenvalue weighted by Gasteiger charge is 2.55. The van der Waals surface area contributed by atoms with E-state index in [9.17, 15) is 19.1 Å². The Labute approximate surface area is 178 Å². The molecule has 1 aromatic rings. The molecule has 156 valence electrons. The molecule has 0 aromatic heterocycles. The molecule has 0 radical (unpaired) electrons. The molecule has 3 heterocycles. The van der Waals surface area contributed by atoms with Gasteiger partial charge in [-0.15, -0.1) is 11.8 Å². The Morgan fingerprint density at radius 1 is 1.38 bits per heavy atom. The number of halogens is 1. The number of aliphatic hydroxyl groups excluding tert-OH is 1. The van der Waals surface area contributed by atoms with Crippen LogP contribution in [0.25, 0.3) is 0 Å². The molecule has 0 spiro atoms. The Bertz CT molecular complexity index is 845. The number of hydrogen-bond donors (Lipinski definition) is 1. The molecule has 1 N–H and O–H groups in total. The van der Waals surface area contributed by atoms with Crippen molar-refractivity contribution in [1.82, 2.24) is 9.80 Å². The zero-order valence-corrected chi connectivity index (χ0v) is 18.1. The van der Waals surface area contributed by atoms with Crippen LogP contribution in [0.4, 0.5) is 4.39 Å². The van der Waals surface area contributed by atoms with Crippen LogP contribution in [0.1, 0.15) is 37.0 Å². The zero-order valence-electron chi connectivity index (χ0n) is 16.5. The molecule has 2 fully saturated rings. The van der Waals surface area contributed by atoms with E-state index in [1.54, 1.807) is 23.5 Å². The van der Waals surface area contributed by atoms with Crippen molar-refractivity contribution >= 4 is 35.2 Å². The third kappa shape index (κ3) is 4.00. The van der Waals surface area contributed by atoms with Crippen LogP contribution in [0.2, 0.25) is 0 Å². The maximum atomic E-state index is 13.0. The van der Waals surface area contributed by atoms with Crippen molar-refractivity contribution in [2.45, 2.75) is 43.4 Å². The first-order valence-corrected chi connectivity index (χ1v) is 11.7. The number of rotatable bonds is 7. The molecule has 2 saturated heterocycles. The summed E-state index contributed by atoms with van der Waals surface area (Å²) in [6.07, 6.45) is 0.994. The van der Waals surface area contributed by atoms with Gasteiger partial charge in [-0.1, -0.05) is 18.7 Å². The number of ketones is 1. The lowest BCUT2D eigenvalue weighted by atomic mass is 9.90. The quantitative estimate of drug-likeness (QED) is 0.523. The van der Waals surface area contributed by atoms with Crippen LogP contribution in [-0.4, -0.2) is 63.0 Å². The van der Waals surface area contributed by atoms with E-state index < -0.39 is 6.10 Å². The van der Waals surface area contributed by atoms with Crippen LogP contribution in [0.5, 0.6) is 0 Å². The van der Waals surface area contributed by atoms with Crippen molar-refractivity contribution in [1.29, 1.82) is 0 Å². The average Bonchev–Trinajstić information content (AvgIpc) is 3.24. The summed E-state index contributed by atoms with van der Waals surface area (Å²) in [5.41, 5.74) is 1.53. The van der Waals surface area contributed by atoms with E-state index in [4.69, 9.17) is 0 Å². The Morgan fingerprint density at radius 3 is 2.79 bits per heavy atom. The smallest absolute Gasteiger partial charge is 0.236 e. The normalized spacial score (nSPS) is 27.9. The van der Waals surface area contributed by atoms with Gasteiger partial charge in [-0.3, -0.25) is 14.5 Å². The van der Waals surface area contributed by atoms with Gasteiger partial charge in [0.1, 0.15) is 11.2 Å². The first kappa shape index (κ1) is 20.9. The molecule has 4 atom stereocenters. The minimum atomic E-state index is -0.576. The van der Waals surface area contributed by atoms with Gasteiger partial charge in [0.15, 0.2) is 5.78 Å². The highest BCUT2D eigenvalue weighted by molar-refractivity contribution is 8.23. The van der Waals surface area contributed by atoms with E-state index in [2.05, 4.69) is 4.90 Å². The zero-order chi connectivity index (χ0) is 20.7. The second-order valence-corrected chi connectivity index (χ2v) is 10.5. The third-order valence-corrected chi connectivity index (χ3v) is 8.90. The second-order valence-electron chi connectivity index (χ2n) is 7.78. The van der Waals surface area contributed by atoms with Crippen molar-refractivity contribution < 1.29 is 19.1 Å². The maximum Gasteiger partial charge on any atom is 0.236 e. The van der Waals surface area contributed by atoms with Gasteiger partial charge in [-0.2, -0.15) is 0 Å². The SMILES string of the molecule is CC[C@H](O)[C@@H]1C(=O)N2C(C)=C(S[C@H]3CCN(CC(=O)c4ccc(F)cc4)C3)S[C@H]12. The molecule has 1 aromatic carbocycles. The summed E-state index contributed by atoms with van der Waals surface area (Å²) in [6, 6.07) is 5.70. The molecule has 0 unspecified atom stereocenters. The molecule has 0 saturated carbocycles. The van der Waals surface area contributed by atoms with Crippen LogP contribution in [0.3, 0.4) is 0 Å². The summed E-state index contributed by atoms with van der Waals surface area (Å²) in [5.74, 6) is -0.601. The van der Waals surface area contributed by atoms with Crippen molar-refractivity contribution in [3.05, 3.63) is 45.6 Å². The minimum absolute atomic E-state index is 0.00688. The molecule has 0 aliphatic carbocycles. The van der Waals surface area contributed by atoms with Crippen molar-refractivity contribution in [3.63, 3.8) is 0 Å². The fraction of sp³-hybridized carbons (Fsp3) is 0.524. The summed E-state index contributed by atoms with van der Waals surface area (Å²) >= 11 is 3.48. The Hall–Kier alpha value is -1.35. The number of β-lactam (4-membered cyclic amide) rings is 1. The molecule has 1 amide bonds. The van der Waals surface area contributed by atoms with Crippen LogP contribution < -0.4 is 0 Å². The van der Waals surface area contributed by atoms with Gasteiger partial charge >= 0.3 is 0 Å². The monoisotopic (exact) mass is 436 g/mol. The number of fused-ring (bicyclic) bond motifs is 1. The van der Waals surface area contributed by atoms with Crippen LogP contribution in [0.15, 0.2) is 34.2 Å². The van der Waals surface area contributed by atoms with E-state index >= 15 is 0 Å². The first-order valence-electron chi connectivity index (χ1n) is 9.95. The van der Waals surface area contributed by atoms with Crippen LogP contribution >= 0.6 is 23.5 Å². The van der Waals surface area contributed by atoms with Crippen LogP contribution in [-0.2, 0) is 4.79 Å². The molecule has 8 heteroatoms. The predicted octanol–water partition coefficient (Wildman–Crippen LogP) is 3.31. The summed E-state index contributed by atoms with van der Waals surface area (Å²) in [7, 11) is 0. The van der Waals surface area contributed by atoms with Gasteiger partial charge in [-0.05, 0) is 50.6 Å². The van der Waals surface area contributed by atoms with E-state index in [1.165, 1.54) is 24.3 Å². The number of carbonyl (C=O) groups excluding carboxylic acids is 2. The first-order chi connectivity index (χ1) is 13.9. The van der Waals surface area contributed by atoms with Gasteiger partial charge in [0.25, 0.3) is 0 Å². The number of allylic oxidation sites excluding steroid dienone is 1. The number of nitrogens with zero attached hydrogens (tertiary/aromatic N) is 2. The molecular weight excluding hydrogens is 411 g/mol. The van der Waals surface area contributed by atoms with Gasteiger partial charge < -0.3 is 10.0 Å². The largest absolute Gasteiger partial charge is 0.392 e. The highest BCUT2D eigenvalue weighted by atomic mass is 32.2. The van der Waals surface area contributed by atoms with E-state index in [0.717, 1.165) is 29.4 Å². The maximum absolute atomic E-state index is 13.0. The van der Waals surface area contributed by atoms with Gasteiger partial charge in [0, 0.05) is 23.1 Å². The third-order valence-electron chi connectivity index (χ3n) is 5.84. The lowest BCUT2D eigenvalue weighted by Crippen LogP contribution is -2.60. The van der Waals surface area contributed by atoms with E-state index in [1.807, 2.05) is 18.7 Å². The molecular formula is C21H25FN2O3S2. The molecule has 3 aliphatic rings. The van der Waals surface area contributed by atoms with E-state index in [0.29, 0.717) is 23.8 Å². The Morgan fingerprint density at radius 2 is 2.10 bits per heavy atom. The van der Waals surface area contributed by atoms with E-state index in [-0.39, 0.29) is 28.8 Å². The van der Waals surface area contributed by atoms with Crippen molar-refractivity contribution in [2.24, 2.45) is 5.92 Å². The molecule has 29 heavy (non-hydrogen) atoms. The number of carbonyl (C=O) groups is 2. The predicted molar refractivity (Wildman–Crippen MR) is 114 cm³/mol. The molecule has 5 nitrogen and oxygen atoms in total. The van der Waals surface area contributed by atoms with Gasteiger partial charge in [0.05, 0.1) is 22.8 Å². The second kappa shape index (κ2) is 8.41. The highest BCUT2D eigenvalue weighted by Crippen LogP contribution is 2.55. The number of thioether (sulfide) groups is 2. The average molecular weight is 437 g/mol. The number of benzene rings is 1. The molecule has 0 bridgehead atoms. The summed E-state index contributed by atoms with van der Waals surface area (Å²) in [4.78, 5) is 28.8. The summed E-state index contributed by atoms with van der Waals surface area (Å²) in [6.45, 7) is 5.88. The Balaban J connectivity index is 1.31. The molecule has 4 rings (SSSR count). The number of amides is 1. The van der Waals surface area contributed by atoms with Crippen LogP contribution in [0, 0.1) is 11.7 Å². The Kier molecular flexibility index (Phi) is 6.06. The number of Topliss-reactive ketones (excluding diaryl/α,β-unsaturated/α-hetero) is 1. The number of hydrogen-bond acceptors (Lipinski definition) is 6. The number of aliphatic hydroxyl groups is 1. The van der Waals surface area contributed by atoms with Crippen molar-refractivity contribution in [3.8, 4) is 0 Å². The van der Waals surface area contributed by atoms with Gasteiger partial charge in [-0.25, -0.2) is 4.39 Å². The topological polar surface area (TPSA) is 60.9 Å². The van der Waals surface area contributed by atoms with Gasteiger partial charge in [0.2, 0.25) is 5.91 Å². The standard InChI is InChI=1S/C21H25FN2O3S2/c1-3-16(25)18-19(27)24-12(2)21(29-20(18)24)28-15-8-9-23(10-15)11-17(26)13-4-6-14(22)7-5-13/h4-7,15-16,18,20,25H,3,8-11H2,1-2H3/t15-,16-,18+,20+/m0/s1. The number of likely N-dealkylation sites (tertiary alicyclic amines) is 1. The molecule has 3 aliphatic heterocycles. The summed E-state index contributed by atoms with van der Waals surface area (Å²) in [5, 5.41) is 10.5. The summed E-state index contributed by atoms with van der Waals surface area (Å²) < 4.78 is 14.2. The fourth-order valence-electron chi connectivity index (χ4n) is 4.10. The lowest BCUT2D eigenvalue weighted by Gasteiger charge is -2.44.